The molecular formula is C14H22N2O2. The topological polar surface area (TPSA) is 65.2 Å². The summed E-state index contributed by atoms with van der Waals surface area (Å²) in [6, 6.07) is 3.99. The van der Waals surface area contributed by atoms with Gasteiger partial charge in [-0.3, -0.25) is 9.78 Å². The molecule has 2 N–H and O–H groups in total. The van der Waals surface area contributed by atoms with Crippen LogP contribution >= 0.6 is 0 Å². The highest BCUT2D eigenvalue weighted by molar-refractivity contribution is 5.68. The Bertz CT molecular complexity index is 341. The number of nitrogens with zero attached hydrogens (tertiary/aromatic N) is 1. The fourth-order valence-corrected chi connectivity index (χ4v) is 1.85. The number of hydrogen-bond donors (Lipinski definition) is 1. The van der Waals surface area contributed by atoms with Gasteiger partial charge in [-0.15, -0.1) is 0 Å². The Labute approximate surface area is 109 Å². The van der Waals surface area contributed by atoms with Crippen LogP contribution in [0.5, 0.6) is 0 Å². The first-order valence-electron chi connectivity index (χ1n) is 6.46. The number of hydrogen-bond acceptors (Lipinski definition) is 4. The fraction of sp³-hybridized carbons (Fsp3) is 0.571. The molecule has 0 aromatic carbocycles. The summed E-state index contributed by atoms with van der Waals surface area (Å²) in [5.41, 5.74) is 7.16. The normalized spacial score (nSPS) is 12.1. The summed E-state index contributed by atoms with van der Waals surface area (Å²) in [6.07, 6.45) is 9.19. The number of carbonyl (C=O) groups is 1. The molecule has 0 amide bonds. The van der Waals surface area contributed by atoms with Gasteiger partial charge >= 0.3 is 5.97 Å². The first-order chi connectivity index (χ1) is 8.74. The Kier molecular flexibility index (Phi) is 7.03. The van der Waals surface area contributed by atoms with Crippen LogP contribution in [0.1, 0.15) is 50.1 Å². The van der Waals surface area contributed by atoms with E-state index in [2.05, 4.69) is 9.72 Å². The zero-order valence-corrected chi connectivity index (χ0v) is 11.0. The molecule has 1 heterocycles. The lowest BCUT2D eigenvalue weighted by molar-refractivity contribution is -0.140. The molecule has 1 aromatic heterocycles. The molecule has 0 radical (unpaired) electrons. The number of methoxy groups -OCH3 is 1. The van der Waals surface area contributed by atoms with E-state index in [1.165, 1.54) is 7.11 Å². The summed E-state index contributed by atoms with van der Waals surface area (Å²) < 4.78 is 4.59. The molecule has 1 atom stereocenters. The molecular weight excluding hydrogens is 228 g/mol. The van der Waals surface area contributed by atoms with Crippen molar-refractivity contribution in [3.63, 3.8) is 0 Å². The quantitative estimate of drug-likeness (QED) is 0.569. The van der Waals surface area contributed by atoms with E-state index in [0.29, 0.717) is 6.42 Å². The van der Waals surface area contributed by atoms with E-state index < -0.39 is 0 Å². The Morgan fingerprint density at radius 2 is 2.17 bits per heavy atom. The predicted molar refractivity (Wildman–Crippen MR) is 70.9 cm³/mol. The van der Waals surface area contributed by atoms with Crippen LogP contribution in [0.4, 0.5) is 0 Å². The van der Waals surface area contributed by atoms with Crippen LogP contribution in [-0.2, 0) is 9.53 Å². The van der Waals surface area contributed by atoms with E-state index in [-0.39, 0.29) is 12.0 Å². The number of ether oxygens (including phenoxy) is 1. The van der Waals surface area contributed by atoms with Crippen molar-refractivity contribution in [1.82, 2.24) is 4.98 Å². The Balaban J connectivity index is 2.06. The van der Waals surface area contributed by atoms with Gasteiger partial charge in [-0.1, -0.05) is 25.3 Å². The second kappa shape index (κ2) is 8.64. The maximum atomic E-state index is 10.9. The Hall–Kier alpha value is -1.42. The monoisotopic (exact) mass is 250 g/mol. The number of esters is 1. The second-order valence-electron chi connectivity index (χ2n) is 4.42. The van der Waals surface area contributed by atoms with Gasteiger partial charge in [-0.2, -0.15) is 0 Å². The van der Waals surface area contributed by atoms with Gasteiger partial charge in [0.2, 0.25) is 0 Å². The first-order valence-corrected chi connectivity index (χ1v) is 6.46. The summed E-state index contributed by atoms with van der Waals surface area (Å²) >= 11 is 0. The molecule has 0 saturated carbocycles. The van der Waals surface area contributed by atoms with Crippen LogP contribution in [0, 0.1) is 0 Å². The first kappa shape index (κ1) is 14.6. The zero-order chi connectivity index (χ0) is 13.2. The number of aromatic nitrogens is 1. The predicted octanol–water partition coefficient (Wildman–Crippen LogP) is 2.60. The summed E-state index contributed by atoms with van der Waals surface area (Å²) in [4.78, 5) is 14.9. The van der Waals surface area contributed by atoms with Crippen molar-refractivity contribution >= 4 is 5.97 Å². The van der Waals surface area contributed by atoms with Gasteiger partial charge in [0.05, 0.1) is 7.11 Å². The van der Waals surface area contributed by atoms with Crippen molar-refractivity contribution in [3.05, 3.63) is 30.1 Å². The zero-order valence-electron chi connectivity index (χ0n) is 11.0. The maximum Gasteiger partial charge on any atom is 0.305 e. The Morgan fingerprint density at radius 1 is 1.39 bits per heavy atom. The third kappa shape index (κ3) is 5.77. The molecule has 0 saturated heterocycles. The molecule has 4 nitrogen and oxygen atoms in total. The molecule has 1 unspecified atom stereocenters. The summed E-state index contributed by atoms with van der Waals surface area (Å²) in [7, 11) is 1.43. The molecule has 4 heteroatoms. The van der Waals surface area contributed by atoms with Crippen LogP contribution in [0.3, 0.4) is 0 Å². The van der Waals surface area contributed by atoms with Crippen LogP contribution in [0.2, 0.25) is 0 Å². The van der Waals surface area contributed by atoms with Crippen LogP contribution in [-0.4, -0.2) is 18.1 Å². The Morgan fingerprint density at radius 3 is 2.83 bits per heavy atom. The van der Waals surface area contributed by atoms with Crippen molar-refractivity contribution in [2.24, 2.45) is 5.73 Å². The van der Waals surface area contributed by atoms with Gasteiger partial charge in [0.15, 0.2) is 0 Å². The summed E-state index contributed by atoms with van der Waals surface area (Å²) in [5.74, 6) is -0.123. The standard InChI is InChI=1S/C14H22N2O2/c1-18-14(17)9-5-3-2-4-8-13(15)12-7-6-10-16-11-12/h6-7,10-11,13H,2-5,8-9,15H2,1H3. The smallest absolute Gasteiger partial charge is 0.305 e. The van der Waals surface area contributed by atoms with Gasteiger partial charge in [0, 0.05) is 24.9 Å². The van der Waals surface area contributed by atoms with Gasteiger partial charge in [-0.25, -0.2) is 0 Å². The van der Waals surface area contributed by atoms with E-state index in [1.54, 1.807) is 6.20 Å². The van der Waals surface area contributed by atoms with Crippen molar-refractivity contribution in [2.45, 2.75) is 44.6 Å². The highest BCUT2D eigenvalue weighted by Crippen LogP contribution is 2.16. The lowest BCUT2D eigenvalue weighted by atomic mass is 10.0. The molecule has 0 aliphatic heterocycles. The molecule has 18 heavy (non-hydrogen) atoms. The van der Waals surface area contributed by atoms with Crippen molar-refractivity contribution in [3.8, 4) is 0 Å². The molecule has 0 aliphatic rings. The van der Waals surface area contributed by atoms with Gasteiger partial charge in [-0.05, 0) is 24.5 Å². The molecule has 0 fully saturated rings. The minimum Gasteiger partial charge on any atom is -0.469 e. The van der Waals surface area contributed by atoms with Crippen molar-refractivity contribution < 1.29 is 9.53 Å². The highest BCUT2D eigenvalue weighted by Gasteiger charge is 2.05. The van der Waals surface area contributed by atoms with E-state index >= 15 is 0 Å². The average molecular weight is 250 g/mol. The maximum absolute atomic E-state index is 10.9. The molecule has 1 rings (SSSR count). The van der Waals surface area contributed by atoms with Gasteiger partial charge < -0.3 is 10.5 Å². The average Bonchev–Trinajstić information content (AvgIpc) is 2.43. The third-order valence-corrected chi connectivity index (χ3v) is 2.99. The van der Waals surface area contributed by atoms with Gasteiger partial charge in [0.25, 0.3) is 0 Å². The van der Waals surface area contributed by atoms with Crippen LogP contribution in [0.15, 0.2) is 24.5 Å². The van der Waals surface area contributed by atoms with E-state index in [1.807, 2.05) is 18.3 Å². The van der Waals surface area contributed by atoms with Crippen LogP contribution in [0.25, 0.3) is 0 Å². The molecule has 100 valence electrons. The number of carbonyl (C=O) groups excluding carboxylic acids is 1. The van der Waals surface area contributed by atoms with Crippen molar-refractivity contribution in [1.29, 1.82) is 0 Å². The third-order valence-electron chi connectivity index (χ3n) is 2.99. The number of unbranched alkanes of at least 4 members (excludes halogenated alkanes) is 3. The van der Waals surface area contributed by atoms with E-state index in [4.69, 9.17) is 5.73 Å². The van der Waals surface area contributed by atoms with E-state index in [9.17, 15) is 4.79 Å². The number of rotatable bonds is 8. The molecule has 0 aliphatic carbocycles. The molecule has 1 aromatic rings. The molecule has 0 spiro atoms. The summed E-state index contributed by atoms with van der Waals surface area (Å²) in [5, 5.41) is 0. The fourth-order valence-electron chi connectivity index (χ4n) is 1.85. The van der Waals surface area contributed by atoms with E-state index in [0.717, 1.165) is 37.7 Å². The van der Waals surface area contributed by atoms with Crippen LogP contribution < -0.4 is 5.73 Å². The molecule has 0 bridgehead atoms. The highest BCUT2D eigenvalue weighted by atomic mass is 16.5. The lowest BCUT2D eigenvalue weighted by Crippen LogP contribution is -2.10. The minimum atomic E-state index is -0.123. The van der Waals surface area contributed by atoms with Crippen molar-refractivity contribution in [2.75, 3.05) is 7.11 Å². The SMILES string of the molecule is COC(=O)CCCCCCC(N)c1cccnc1. The largest absolute Gasteiger partial charge is 0.469 e. The second-order valence-corrected chi connectivity index (χ2v) is 4.42. The summed E-state index contributed by atoms with van der Waals surface area (Å²) in [6.45, 7) is 0. The number of nitrogens with two attached hydrogens (primary N) is 1. The van der Waals surface area contributed by atoms with Gasteiger partial charge in [0.1, 0.15) is 0 Å². The lowest BCUT2D eigenvalue weighted by Gasteiger charge is -2.10. The minimum absolute atomic E-state index is 0.0688. The number of pyridine rings is 1.